The second-order valence-corrected chi connectivity index (χ2v) is 3.53. The Morgan fingerprint density at radius 3 is 3.15 bits per heavy atom. The highest BCUT2D eigenvalue weighted by molar-refractivity contribution is 5.39. The van der Waals surface area contributed by atoms with Gasteiger partial charge in [-0.2, -0.15) is 0 Å². The highest BCUT2D eigenvalue weighted by atomic mass is 16.3. The Bertz CT molecular complexity index is 309. The van der Waals surface area contributed by atoms with Crippen molar-refractivity contribution < 1.29 is 5.11 Å². The minimum absolute atomic E-state index is 0.385. The normalized spacial score (nSPS) is 20.2. The molecule has 2 nitrogen and oxygen atoms in total. The van der Waals surface area contributed by atoms with E-state index in [0.717, 1.165) is 19.4 Å². The Morgan fingerprint density at radius 1 is 1.54 bits per heavy atom. The van der Waals surface area contributed by atoms with Gasteiger partial charge in [-0.3, -0.25) is 0 Å². The molecule has 1 aromatic carbocycles. The molecule has 13 heavy (non-hydrogen) atoms. The van der Waals surface area contributed by atoms with Crippen LogP contribution in [0.15, 0.2) is 18.2 Å². The van der Waals surface area contributed by atoms with Gasteiger partial charge in [0.25, 0.3) is 0 Å². The molecular weight excluding hydrogens is 162 g/mol. The lowest BCUT2D eigenvalue weighted by molar-refractivity contribution is 0.474. The number of phenolic OH excluding ortho intramolecular Hbond substituents is 1. The van der Waals surface area contributed by atoms with Gasteiger partial charge in [0.2, 0.25) is 0 Å². The van der Waals surface area contributed by atoms with Gasteiger partial charge in [-0.1, -0.05) is 13.0 Å². The fraction of sp³-hybridized carbons (Fsp3) is 0.455. The third-order valence-corrected chi connectivity index (χ3v) is 2.65. The Hall–Kier alpha value is -1.02. The lowest BCUT2D eigenvalue weighted by atomic mass is 10.1. The summed E-state index contributed by atoms with van der Waals surface area (Å²) in [6.07, 6.45) is 2.24. The van der Waals surface area contributed by atoms with Crippen molar-refractivity contribution in [3.63, 3.8) is 0 Å². The molecule has 0 saturated carbocycles. The molecule has 0 bridgehead atoms. The zero-order valence-corrected chi connectivity index (χ0v) is 7.88. The molecule has 2 N–H and O–H groups in total. The highest BCUT2D eigenvalue weighted by Crippen LogP contribution is 2.32. The molecule has 0 aromatic heterocycles. The third-order valence-electron chi connectivity index (χ3n) is 2.65. The predicted molar refractivity (Wildman–Crippen MR) is 52.8 cm³/mol. The van der Waals surface area contributed by atoms with Gasteiger partial charge in [-0.15, -0.1) is 0 Å². The largest absolute Gasteiger partial charge is 0.508 e. The summed E-state index contributed by atoms with van der Waals surface area (Å²) in [5.41, 5.74) is 2.66. The molecule has 1 aliphatic rings. The fourth-order valence-electron chi connectivity index (χ4n) is 2.06. The van der Waals surface area contributed by atoms with Gasteiger partial charge in [0, 0.05) is 6.04 Å². The number of hydrogen-bond donors (Lipinski definition) is 2. The minimum atomic E-state index is 0.385. The van der Waals surface area contributed by atoms with Gasteiger partial charge in [0.15, 0.2) is 0 Å². The molecule has 1 aromatic rings. The number of aromatic hydroxyl groups is 1. The van der Waals surface area contributed by atoms with Crippen molar-refractivity contribution in [2.75, 3.05) is 6.54 Å². The van der Waals surface area contributed by atoms with Crippen molar-refractivity contribution in [2.24, 2.45) is 0 Å². The van der Waals surface area contributed by atoms with E-state index in [-0.39, 0.29) is 0 Å². The van der Waals surface area contributed by atoms with Crippen molar-refractivity contribution in [2.45, 2.75) is 25.8 Å². The van der Waals surface area contributed by atoms with Crippen LogP contribution in [0.3, 0.4) is 0 Å². The average molecular weight is 177 g/mol. The second kappa shape index (κ2) is 3.38. The fourth-order valence-corrected chi connectivity index (χ4v) is 2.06. The molecule has 1 atom stereocenters. The third kappa shape index (κ3) is 1.54. The molecular formula is C11H15NO. The first-order valence-electron chi connectivity index (χ1n) is 4.86. The first-order chi connectivity index (χ1) is 6.31. The van der Waals surface area contributed by atoms with Crippen LogP contribution in [-0.4, -0.2) is 11.7 Å². The van der Waals surface area contributed by atoms with E-state index >= 15 is 0 Å². The molecule has 0 aliphatic heterocycles. The lowest BCUT2D eigenvalue weighted by Crippen LogP contribution is -2.18. The standard InChI is InChI=1S/C11H15NO/c1-2-12-11-6-3-8-7-9(13)4-5-10(8)11/h4-5,7,11-13H,2-3,6H2,1H3. The Morgan fingerprint density at radius 2 is 2.38 bits per heavy atom. The summed E-state index contributed by atoms with van der Waals surface area (Å²) in [4.78, 5) is 0. The topological polar surface area (TPSA) is 32.3 Å². The van der Waals surface area contributed by atoms with Crippen LogP contribution < -0.4 is 5.32 Å². The molecule has 2 rings (SSSR count). The maximum Gasteiger partial charge on any atom is 0.115 e. The lowest BCUT2D eigenvalue weighted by Gasteiger charge is -2.11. The quantitative estimate of drug-likeness (QED) is 0.724. The summed E-state index contributed by atoms with van der Waals surface area (Å²) in [6.45, 7) is 3.13. The first-order valence-corrected chi connectivity index (χ1v) is 4.86. The van der Waals surface area contributed by atoms with Crippen molar-refractivity contribution in [1.82, 2.24) is 5.32 Å². The summed E-state index contributed by atoms with van der Waals surface area (Å²) >= 11 is 0. The molecule has 1 unspecified atom stereocenters. The molecule has 0 saturated heterocycles. The first kappa shape index (κ1) is 8.57. The Kier molecular flexibility index (Phi) is 2.23. The van der Waals surface area contributed by atoms with E-state index in [1.165, 1.54) is 11.1 Å². The van der Waals surface area contributed by atoms with Crippen molar-refractivity contribution in [1.29, 1.82) is 0 Å². The number of benzene rings is 1. The van der Waals surface area contributed by atoms with Gasteiger partial charge in [-0.05, 0) is 42.6 Å². The van der Waals surface area contributed by atoms with Crippen molar-refractivity contribution >= 4 is 0 Å². The van der Waals surface area contributed by atoms with E-state index in [1.807, 2.05) is 12.1 Å². The van der Waals surface area contributed by atoms with Crippen molar-refractivity contribution in [3.05, 3.63) is 29.3 Å². The van der Waals surface area contributed by atoms with Crippen LogP contribution in [-0.2, 0) is 6.42 Å². The molecule has 2 heteroatoms. The van der Waals surface area contributed by atoms with Gasteiger partial charge in [-0.25, -0.2) is 0 Å². The maximum atomic E-state index is 9.29. The van der Waals surface area contributed by atoms with Crippen LogP contribution in [0.2, 0.25) is 0 Å². The van der Waals surface area contributed by atoms with Crippen LogP contribution in [0.25, 0.3) is 0 Å². The zero-order chi connectivity index (χ0) is 9.26. The molecule has 0 spiro atoms. The van der Waals surface area contributed by atoms with Gasteiger partial charge < -0.3 is 10.4 Å². The summed E-state index contributed by atoms with van der Waals surface area (Å²) in [6, 6.07) is 6.19. The molecule has 0 radical (unpaired) electrons. The van der Waals surface area contributed by atoms with Crippen LogP contribution in [0.4, 0.5) is 0 Å². The van der Waals surface area contributed by atoms with Crippen LogP contribution in [0, 0.1) is 0 Å². The second-order valence-electron chi connectivity index (χ2n) is 3.53. The molecule has 0 heterocycles. The predicted octanol–water partition coefficient (Wildman–Crippen LogP) is 1.99. The number of aryl methyl sites for hydroxylation is 1. The van der Waals surface area contributed by atoms with E-state index in [1.54, 1.807) is 6.07 Å². The number of fused-ring (bicyclic) bond motifs is 1. The maximum absolute atomic E-state index is 9.29. The number of rotatable bonds is 2. The minimum Gasteiger partial charge on any atom is -0.508 e. The zero-order valence-electron chi connectivity index (χ0n) is 7.88. The smallest absolute Gasteiger partial charge is 0.115 e. The van der Waals surface area contributed by atoms with Gasteiger partial charge in [0.1, 0.15) is 5.75 Å². The van der Waals surface area contributed by atoms with Gasteiger partial charge >= 0.3 is 0 Å². The van der Waals surface area contributed by atoms with E-state index in [4.69, 9.17) is 0 Å². The summed E-state index contributed by atoms with van der Waals surface area (Å²) < 4.78 is 0. The molecule has 0 amide bonds. The van der Waals surface area contributed by atoms with E-state index in [2.05, 4.69) is 12.2 Å². The van der Waals surface area contributed by atoms with E-state index in [0.29, 0.717) is 11.8 Å². The summed E-state index contributed by atoms with van der Waals surface area (Å²) in [5, 5.41) is 12.7. The van der Waals surface area contributed by atoms with Crippen LogP contribution >= 0.6 is 0 Å². The Balaban J connectivity index is 2.27. The van der Waals surface area contributed by atoms with E-state index < -0.39 is 0 Å². The average Bonchev–Trinajstić information content (AvgIpc) is 2.49. The molecule has 70 valence electrons. The summed E-state index contributed by atoms with van der Waals surface area (Å²) in [7, 11) is 0. The van der Waals surface area contributed by atoms with E-state index in [9.17, 15) is 5.11 Å². The number of hydrogen-bond acceptors (Lipinski definition) is 2. The number of phenols is 1. The molecule has 0 fully saturated rings. The SMILES string of the molecule is CCNC1CCc2cc(O)ccc21. The molecule has 1 aliphatic carbocycles. The number of nitrogens with one attached hydrogen (secondary N) is 1. The monoisotopic (exact) mass is 177 g/mol. The van der Waals surface area contributed by atoms with Crippen LogP contribution in [0.1, 0.15) is 30.5 Å². The Labute approximate surface area is 78.6 Å². The van der Waals surface area contributed by atoms with Gasteiger partial charge in [0.05, 0.1) is 0 Å². The highest BCUT2D eigenvalue weighted by Gasteiger charge is 2.21. The van der Waals surface area contributed by atoms with Crippen LogP contribution in [0.5, 0.6) is 5.75 Å². The summed E-state index contributed by atoms with van der Waals surface area (Å²) in [5.74, 6) is 0.385. The van der Waals surface area contributed by atoms with Crippen molar-refractivity contribution in [3.8, 4) is 5.75 Å².